The highest BCUT2D eigenvalue weighted by atomic mass is 35.5. The van der Waals surface area contributed by atoms with Gasteiger partial charge in [-0.2, -0.15) is 0 Å². The molecule has 3 nitrogen and oxygen atoms in total. The van der Waals surface area contributed by atoms with Crippen molar-refractivity contribution in [1.82, 2.24) is 10.3 Å². The topological polar surface area (TPSA) is 44.9 Å². The van der Waals surface area contributed by atoms with Gasteiger partial charge in [-0.05, 0) is 46.7 Å². The predicted molar refractivity (Wildman–Crippen MR) is 102 cm³/mol. The van der Waals surface area contributed by atoms with Crippen molar-refractivity contribution < 1.29 is 4.79 Å². The molecule has 5 heteroatoms. The van der Waals surface area contributed by atoms with Gasteiger partial charge in [-0.25, -0.2) is 0 Å². The van der Waals surface area contributed by atoms with Gasteiger partial charge in [0.2, 0.25) is 5.91 Å². The number of hydrogen-bond donors (Lipinski definition) is 2. The van der Waals surface area contributed by atoms with Crippen molar-refractivity contribution in [3.8, 4) is 11.1 Å². The van der Waals surface area contributed by atoms with Crippen LogP contribution in [0.5, 0.6) is 0 Å². The molecule has 0 atom stereocenters. The van der Waals surface area contributed by atoms with E-state index in [2.05, 4.69) is 46.0 Å². The van der Waals surface area contributed by atoms with Crippen molar-refractivity contribution in [3.05, 3.63) is 58.6 Å². The summed E-state index contributed by atoms with van der Waals surface area (Å²) in [4.78, 5) is 14.4. The summed E-state index contributed by atoms with van der Waals surface area (Å²) in [6.45, 7) is 2.00. The lowest BCUT2D eigenvalue weighted by Gasteiger charge is -2.05. The molecule has 0 bridgehead atoms. The second kappa shape index (κ2) is 5.96. The van der Waals surface area contributed by atoms with Crippen LogP contribution in [0.4, 0.5) is 0 Å². The third-order valence-electron chi connectivity index (χ3n) is 4.06. The van der Waals surface area contributed by atoms with Crippen LogP contribution in [0.25, 0.3) is 32.1 Å². The van der Waals surface area contributed by atoms with Gasteiger partial charge in [0.05, 0.1) is 6.54 Å². The maximum absolute atomic E-state index is 11.1. The van der Waals surface area contributed by atoms with Crippen molar-refractivity contribution in [3.63, 3.8) is 0 Å². The molecule has 0 aliphatic heterocycles. The molecule has 0 aliphatic carbocycles. The third kappa shape index (κ3) is 2.79. The molecule has 0 aliphatic rings. The minimum absolute atomic E-state index is 0.0448. The Hall–Kier alpha value is -2.30. The van der Waals surface area contributed by atoms with E-state index in [0.29, 0.717) is 6.54 Å². The molecule has 0 saturated heterocycles. The quantitative estimate of drug-likeness (QED) is 0.512. The van der Waals surface area contributed by atoms with Crippen molar-refractivity contribution in [1.29, 1.82) is 0 Å². The summed E-state index contributed by atoms with van der Waals surface area (Å²) in [5, 5.41) is 7.91. The first-order valence-corrected chi connectivity index (χ1v) is 8.89. The molecule has 120 valence electrons. The Morgan fingerprint density at radius 3 is 2.88 bits per heavy atom. The maximum atomic E-state index is 11.1. The van der Waals surface area contributed by atoms with Crippen molar-refractivity contribution >= 4 is 49.8 Å². The van der Waals surface area contributed by atoms with Crippen LogP contribution in [-0.2, 0) is 11.3 Å². The van der Waals surface area contributed by atoms with Crippen LogP contribution in [0, 0.1) is 0 Å². The summed E-state index contributed by atoms with van der Waals surface area (Å²) in [5.41, 5.74) is 4.09. The standard InChI is InChI=1S/C19H15ClN2OS/c1-11(23)21-10-15-6-14-7-17(20)16(9-18(14)22-15)13-3-2-12-4-5-24-19(12)8-13/h2-9,22H,10H2,1H3,(H,21,23). The van der Waals surface area contributed by atoms with Gasteiger partial charge in [-0.1, -0.05) is 23.7 Å². The van der Waals surface area contributed by atoms with Crippen molar-refractivity contribution in [2.45, 2.75) is 13.5 Å². The zero-order valence-electron chi connectivity index (χ0n) is 13.0. The number of amides is 1. The fourth-order valence-electron chi connectivity index (χ4n) is 2.87. The fraction of sp³-hybridized carbons (Fsp3) is 0.105. The smallest absolute Gasteiger partial charge is 0.217 e. The highest BCUT2D eigenvalue weighted by molar-refractivity contribution is 7.17. The second-order valence-electron chi connectivity index (χ2n) is 5.80. The first-order valence-electron chi connectivity index (χ1n) is 7.63. The van der Waals surface area contributed by atoms with Gasteiger partial charge in [0.1, 0.15) is 0 Å². The van der Waals surface area contributed by atoms with E-state index in [-0.39, 0.29) is 5.91 Å². The monoisotopic (exact) mass is 354 g/mol. The molecule has 0 fully saturated rings. The molecule has 24 heavy (non-hydrogen) atoms. The van der Waals surface area contributed by atoms with Crippen LogP contribution in [0.3, 0.4) is 0 Å². The molecule has 2 N–H and O–H groups in total. The zero-order valence-corrected chi connectivity index (χ0v) is 14.6. The van der Waals surface area contributed by atoms with E-state index in [1.54, 1.807) is 11.3 Å². The number of halogens is 1. The van der Waals surface area contributed by atoms with Crippen LogP contribution < -0.4 is 5.32 Å². The molecule has 2 aromatic heterocycles. The van der Waals surface area contributed by atoms with Gasteiger partial charge in [-0.15, -0.1) is 11.3 Å². The molecule has 0 radical (unpaired) electrons. The van der Waals surface area contributed by atoms with Crippen LogP contribution >= 0.6 is 22.9 Å². The van der Waals surface area contributed by atoms with Gasteiger partial charge in [-0.3, -0.25) is 4.79 Å². The fourth-order valence-corrected chi connectivity index (χ4v) is 3.98. The summed E-state index contributed by atoms with van der Waals surface area (Å²) in [7, 11) is 0. The van der Waals surface area contributed by atoms with E-state index in [1.807, 2.05) is 12.1 Å². The lowest BCUT2D eigenvalue weighted by atomic mass is 10.0. The Labute approximate surface area is 148 Å². The molecule has 1 amide bonds. The number of aromatic nitrogens is 1. The van der Waals surface area contributed by atoms with Gasteiger partial charge < -0.3 is 10.3 Å². The van der Waals surface area contributed by atoms with E-state index >= 15 is 0 Å². The zero-order chi connectivity index (χ0) is 16.7. The lowest BCUT2D eigenvalue weighted by Crippen LogP contribution is -2.18. The van der Waals surface area contributed by atoms with Crippen LogP contribution in [0.1, 0.15) is 12.6 Å². The van der Waals surface area contributed by atoms with E-state index < -0.39 is 0 Å². The van der Waals surface area contributed by atoms with Crippen LogP contribution in [0.2, 0.25) is 5.02 Å². The van der Waals surface area contributed by atoms with Gasteiger partial charge >= 0.3 is 0 Å². The molecule has 0 unspecified atom stereocenters. The van der Waals surface area contributed by atoms with Crippen LogP contribution in [0.15, 0.2) is 47.8 Å². The van der Waals surface area contributed by atoms with E-state index in [4.69, 9.17) is 11.6 Å². The number of carbonyl (C=O) groups is 1. The molecule has 2 aromatic carbocycles. The maximum Gasteiger partial charge on any atom is 0.217 e. The first kappa shape index (κ1) is 15.2. The van der Waals surface area contributed by atoms with Crippen molar-refractivity contribution in [2.24, 2.45) is 0 Å². The highest BCUT2D eigenvalue weighted by Crippen LogP contribution is 2.35. The van der Waals surface area contributed by atoms with Gasteiger partial charge in [0.25, 0.3) is 0 Å². The van der Waals surface area contributed by atoms with Crippen LogP contribution in [-0.4, -0.2) is 10.9 Å². The summed E-state index contributed by atoms with van der Waals surface area (Å²) in [6, 6.07) is 14.6. The molecular formula is C19H15ClN2OS. The van der Waals surface area contributed by atoms with E-state index in [1.165, 1.54) is 17.0 Å². The number of aromatic amines is 1. The Kier molecular flexibility index (Phi) is 3.79. The Bertz CT molecular complexity index is 1060. The molecule has 4 aromatic rings. The van der Waals surface area contributed by atoms with Gasteiger partial charge in [0, 0.05) is 38.8 Å². The second-order valence-corrected chi connectivity index (χ2v) is 7.15. The average Bonchev–Trinajstić information content (AvgIpc) is 3.17. The molecule has 0 saturated carbocycles. The molecule has 2 heterocycles. The Morgan fingerprint density at radius 2 is 2.04 bits per heavy atom. The SMILES string of the molecule is CC(=O)NCc1cc2cc(Cl)c(-c3ccc4ccsc4c3)cc2[nH]1. The predicted octanol–water partition coefficient (Wildman–Crippen LogP) is 5.34. The molecule has 4 rings (SSSR count). The Morgan fingerprint density at radius 1 is 1.17 bits per heavy atom. The summed E-state index contributed by atoms with van der Waals surface area (Å²) < 4.78 is 1.25. The highest BCUT2D eigenvalue weighted by Gasteiger charge is 2.10. The Balaban J connectivity index is 1.77. The number of fused-ring (bicyclic) bond motifs is 2. The van der Waals surface area contributed by atoms with Gasteiger partial charge in [0.15, 0.2) is 0 Å². The van der Waals surface area contributed by atoms with Crippen molar-refractivity contribution in [2.75, 3.05) is 0 Å². The third-order valence-corrected chi connectivity index (χ3v) is 5.25. The number of nitrogens with one attached hydrogen (secondary N) is 2. The molecule has 0 spiro atoms. The average molecular weight is 355 g/mol. The molecular weight excluding hydrogens is 340 g/mol. The number of hydrogen-bond acceptors (Lipinski definition) is 2. The number of H-pyrrole nitrogens is 1. The number of benzene rings is 2. The normalized spacial score (nSPS) is 11.2. The number of carbonyl (C=O) groups excluding carboxylic acids is 1. The number of thiophene rings is 1. The minimum atomic E-state index is -0.0448. The lowest BCUT2D eigenvalue weighted by molar-refractivity contribution is -0.119. The summed E-state index contributed by atoms with van der Waals surface area (Å²) >= 11 is 8.25. The minimum Gasteiger partial charge on any atom is -0.357 e. The first-order chi connectivity index (χ1) is 11.6. The number of rotatable bonds is 3. The summed E-state index contributed by atoms with van der Waals surface area (Å²) in [5.74, 6) is -0.0448. The van der Waals surface area contributed by atoms with E-state index in [0.717, 1.165) is 32.7 Å². The largest absolute Gasteiger partial charge is 0.357 e. The summed E-state index contributed by atoms with van der Waals surface area (Å²) in [6.07, 6.45) is 0. The van der Waals surface area contributed by atoms with E-state index in [9.17, 15) is 4.79 Å².